The molecule has 1 heterocycles. The van der Waals surface area contributed by atoms with Crippen molar-refractivity contribution in [1.82, 2.24) is 14.9 Å². The second-order valence-electron chi connectivity index (χ2n) is 5.52. The molecule has 2 rings (SSSR count). The molecule has 21 heavy (non-hydrogen) atoms. The van der Waals surface area contributed by atoms with E-state index in [0.717, 1.165) is 43.0 Å². The average Bonchev–Trinajstić information content (AvgIpc) is 2.81. The molecule has 0 radical (unpaired) electrons. The predicted molar refractivity (Wildman–Crippen MR) is 89.9 cm³/mol. The summed E-state index contributed by atoms with van der Waals surface area (Å²) in [5, 5.41) is 3.50. The van der Waals surface area contributed by atoms with Crippen LogP contribution in [-0.2, 0) is 23.9 Å². The van der Waals surface area contributed by atoms with Gasteiger partial charge in [-0.1, -0.05) is 19.1 Å². The monoisotopic (exact) mass is 307 g/mol. The number of imidazole rings is 1. The number of benzene rings is 1. The Morgan fingerprint density at radius 3 is 2.86 bits per heavy atom. The van der Waals surface area contributed by atoms with Crippen LogP contribution in [0.3, 0.4) is 0 Å². The third kappa shape index (κ3) is 4.38. The van der Waals surface area contributed by atoms with Gasteiger partial charge in [-0.05, 0) is 31.9 Å². The summed E-state index contributed by atoms with van der Waals surface area (Å²) in [6.45, 7) is 6.07. The molecule has 5 heteroatoms. The highest BCUT2D eigenvalue weighted by Crippen LogP contribution is 2.16. The maximum atomic E-state index is 11.1. The first-order chi connectivity index (χ1) is 10.1. The molecule has 1 N–H and O–H groups in total. The first kappa shape index (κ1) is 16.2. The summed E-state index contributed by atoms with van der Waals surface area (Å²) in [5.74, 6) is 1.84. The van der Waals surface area contributed by atoms with E-state index >= 15 is 0 Å². The van der Waals surface area contributed by atoms with Crippen LogP contribution in [0.2, 0.25) is 0 Å². The van der Waals surface area contributed by atoms with Gasteiger partial charge in [-0.25, -0.2) is 4.98 Å². The molecule has 4 nitrogen and oxygen atoms in total. The Morgan fingerprint density at radius 2 is 2.14 bits per heavy atom. The summed E-state index contributed by atoms with van der Waals surface area (Å²) in [7, 11) is -0.715. The minimum Gasteiger partial charge on any atom is -0.327 e. The lowest BCUT2D eigenvalue weighted by atomic mass is 10.2. The molecule has 0 spiro atoms. The van der Waals surface area contributed by atoms with Crippen molar-refractivity contribution in [2.75, 3.05) is 12.0 Å². The molecule has 1 aromatic carbocycles. The third-order valence-electron chi connectivity index (χ3n) is 3.63. The zero-order valence-electron chi connectivity index (χ0n) is 13.1. The van der Waals surface area contributed by atoms with Crippen LogP contribution in [-0.4, -0.2) is 31.8 Å². The molecule has 0 fully saturated rings. The van der Waals surface area contributed by atoms with E-state index in [1.54, 1.807) is 6.26 Å². The second-order valence-corrected chi connectivity index (χ2v) is 7.07. The van der Waals surface area contributed by atoms with E-state index in [2.05, 4.69) is 41.9 Å². The van der Waals surface area contributed by atoms with E-state index in [1.807, 2.05) is 6.07 Å². The smallest absolute Gasteiger partial charge is 0.123 e. The topological polar surface area (TPSA) is 46.9 Å². The maximum Gasteiger partial charge on any atom is 0.123 e. The molecule has 0 saturated heterocycles. The Bertz CT molecular complexity index is 609. The van der Waals surface area contributed by atoms with Crippen LogP contribution in [0.4, 0.5) is 0 Å². The van der Waals surface area contributed by atoms with Crippen LogP contribution < -0.4 is 5.32 Å². The van der Waals surface area contributed by atoms with Gasteiger partial charge in [0.25, 0.3) is 0 Å². The van der Waals surface area contributed by atoms with Crippen LogP contribution in [0, 0.1) is 0 Å². The summed E-state index contributed by atoms with van der Waals surface area (Å²) in [4.78, 5) is 4.74. The molecule has 1 aromatic heterocycles. The van der Waals surface area contributed by atoms with Crippen molar-refractivity contribution >= 4 is 21.8 Å². The summed E-state index contributed by atoms with van der Waals surface area (Å²) in [6.07, 6.45) is 3.78. The molecule has 2 aromatic rings. The Balaban J connectivity index is 2.07. The molecule has 0 aliphatic rings. The third-order valence-corrected chi connectivity index (χ3v) is 4.44. The summed E-state index contributed by atoms with van der Waals surface area (Å²) < 4.78 is 13.4. The van der Waals surface area contributed by atoms with Gasteiger partial charge >= 0.3 is 0 Å². The number of para-hydroxylation sites is 2. The van der Waals surface area contributed by atoms with Gasteiger partial charge in [0, 0.05) is 35.4 Å². The molecular formula is C16H25N3OS. The largest absolute Gasteiger partial charge is 0.327 e. The molecule has 116 valence electrons. The van der Waals surface area contributed by atoms with Crippen molar-refractivity contribution in [2.45, 2.75) is 45.8 Å². The Hall–Kier alpha value is -1.20. The van der Waals surface area contributed by atoms with Gasteiger partial charge < -0.3 is 9.88 Å². The zero-order valence-corrected chi connectivity index (χ0v) is 13.9. The number of hydrogen-bond acceptors (Lipinski definition) is 3. The van der Waals surface area contributed by atoms with E-state index in [1.165, 1.54) is 5.52 Å². The first-order valence-electron chi connectivity index (χ1n) is 7.59. The van der Waals surface area contributed by atoms with Crippen LogP contribution >= 0.6 is 0 Å². The van der Waals surface area contributed by atoms with Crippen LogP contribution in [0.15, 0.2) is 24.3 Å². The number of hydrogen-bond donors (Lipinski definition) is 1. The normalized spacial score (nSPS) is 14.4. The highest BCUT2D eigenvalue weighted by Gasteiger charge is 2.11. The van der Waals surface area contributed by atoms with Gasteiger partial charge in [-0.2, -0.15) is 0 Å². The lowest BCUT2D eigenvalue weighted by Crippen LogP contribution is -2.28. The molecule has 0 saturated carbocycles. The van der Waals surface area contributed by atoms with Crippen molar-refractivity contribution in [1.29, 1.82) is 0 Å². The van der Waals surface area contributed by atoms with Crippen LogP contribution in [0.25, 0.3) is 11.0 Å². The molecule has 2 atom stereocenters. The number of rotatable bonds is 8. The summed E-state index contributed by atoms with van der Waals surface area (Å²) in [5.41, 5.74) is 2.27. The van der Waals surface area contributed by atoms with Gasteiger partial charge in [-0.3, -0.25) is 4.21 Å². The van der Waals surface area contributed by atoms with Crippen molar-refractivity contribution in [3.05, 3.63) is 30.1 Å². The fourth-order valence-electron chi connectivity index (χ4n) is 2.44. The summed E-state index contributed by atoms with van der Waals surface area (Å²) in [6, 6.07) is 8.64. The second kappa shape index (κ2) is 7.71. The lowest BCUT2D eigenvalue weighted by Gasteiger charge is -2.14. The Kier molecular flexibility index (Phi) is 5.94. The number of nitrogens with one attached hydrogen (secondary N) is 1. The molecule has 0 amide bonds. The van der Waals surface area contributed by atoms with E-state index in [4.69, 9.17) is 4.98 Å². The summed E-state index contributed by atoms with van der Waals surface area (Å²) >= 11 is 0. The SMILES string of the molecule is CCCn1c(CNC(C)CCS(C)=O)nc2ccccc21. The van der Waals surface area contributed by atoms with Gasteiger partial charge in [0.05, 0.1) is 17.6 Å². The van der Waals surface area contributed by atoms with Crippen molar-refractivity contribution < 1.29 is 4.21 Å². The minimum absolute atomic E-state index is 0.351. The van der Waals surface area contributed by atoms with Crippen LogP contribution in [0.1, 0.15) is 32.5 Å². The highest BCUT2D eigenvalue weighted by atomic mass is 32.2. The van der Waals surface area contributed by atoms with Crippen molar-refractivity contribution in [2.24, 2.45) is 0 Å². The fourth-order valence-corrected chi connectivity index (χ4v) is 3.13. The van der Waals surface area contributed by atoms with E-state index in [0.29, 0.717) is 6.04 Å². The van der Waals surface area contributed by atoms with Crippen molar-refractivity contribution in [3.63, 3.8) is 0 Å². The molecular weight excluding hydrogens is 282 g/mol. The standard InChI is InChI=1S/C16H25N3OS/c1-4-10-19-15-8-6-5-7-14(15)18-16(19)12-17-13(2)9-11-21(3)20/h5-8,13,17H,4,9-12H2,1-3H3. The van der Waals surface area contributed by atoms with Crippen LogP contribution in [0.5, 0.6) is 0 Å². The highest BCUT2D eigenvalue weighted by molar-refractivity contribution is 7.84. The molecule has 0 aliphatic carbocycles. The van der Waals surface area contributed by atoms with Gasteiger partial charge in [0.2, 0.25) is 0 Å². The molecule has 0 aliphatic heterocycles. The van der Waals surface area contributed by atoms with E-state index < -0.39 is 10.8 Å². The van der Waals surface area contributed by atoms with Gasteiger partial charge in [0.15, 0.2) is 0 Å². The van der Waals surface area contributed by atoms with E-state index in [-0.39, 0.29) is 0 Å². The minimum atomic E-state index is -0.715. The number of fused-ring (bicyclic) bond motifs is 1. The number of aromatic nitrogens is 2. The number of nitrogens with zero attached hydrogens (tertiary/aromatic N) is 2. The maximum absolute atomic E-state index is 11.1. The molecule has 0 bridgehead atoms. The fraction of sp³-hybridized carbons (Fsp3) is 0.562. The predicted octanol–water partition coefficient (Wildman–Crippen LogP) is 2.69. The quantitative estimate of drug-likeness (QED) is 0.815. The van der Waals surface area contributed by atoms with Gasteiger partial charge in [0.1, 0.15) is 5.82 Å². The Labute approximate surface area is 129 Å². The van der Waals surface area contributed by atoms with Gasteiger partial charge in [-0.15, -0.1) is 0 Å². The number of aryl methyl sites for hydroxylation is 1. The van der Waals surface area contributed by atoms with E-state index in [9.17, 15) is 4.21 Å². The van der Waals surface area contributed by atoms with Crippen molar-refractivity contribution in [3.8, 4) is 0 Å². The molecule has 2 unspecified atom stereocenters. The lowest BCUT2D eigenvalue weighted by molar-refractivity contribution is 0.509. The average molecular weight is 307 g/mol. The Morgan fingerprint density at radius 1 is 1.38 bits per heavy atom. The zero-order chi connectivity index (χ0) is 15.2. The first-order valence-corrected chi connectivity index (χ1v) is 9.32.